The largest absolute Gasteiger partial charge is 0.395 e. The molecular formula is C18H23N3O2. The van der Waals surface area contributed by atoms with E-state index in [0.717, 1.165) is 37.5 Å². The summed E-state index contributed by atoms with van der Waals surface area (Å²) < 4.78 is 5.66. The molecule has 0 saturated carbocycles. The van der Waals surface area contributed by atoms with Crippen LogP contribution in [0.3, 0.4) is 0 Å². The van der Waals surface area contributed by atoms with Crippen molar-refractivity contribution in [3.05, 3.63) is 59.7 Å². The van der Waals surface area contributed by atoms with Crippen molar-refractivity contribution in [1.82, 2.24) is 14.9 Å². The third-order valence-corrected chi connectivity index (χ3v) is 4.00. The van der Waals surface area contributed by atoms with E-state index in [2.05, 4.69) is 27.0 Å². The Hall–Kier alpha value is -1.82. The number of benzene rings is 1. The molecular weight excluding hydrogens is 290 g/mol. The van der Waals surface area contributed by atoms with Crippen molar-refractivity contribution in [3.63, 3.8) is 0 Å². The Labute approximate surface area is 137 Å². The van der Waals surface area contributed by atoms with Crippen molar-refractivity contribution in [1.29, 1.82) is 0 Å². The highest BCUT2D eigenvalue weighted by atomic mass is 16.5. The number of nitrogens with zero attached hydrogens (tertiary/aromatic N) is 3. The Morgan fingerprint density at radius 1 is 1.17 bits per heavy atom. The highest BCUT2D eigenvalue weighted by Gasteiger charge is 2.20. The van der Waals surface area contributed by atoms with E-state index in [4.69, 9.17) is 4.74 Å². The molecule has 1 fully saturated rings. The molecule has 3 rings (SSSR count). The molecule has 1 atom stereocenters. The maximum atomic E-state index is 9.33. The molecule has 122 valence electrons. The lowest BCUT2D eigenvalue weighted by molar-refractivity contribution is 0.104. The average Bonchev–Trinajstić information content (AvgIpc) is 3.11. The monoisotopic (exact) mass is 313 g/mol. The molecule has 5 nitrogen and oxygen atoms in total. The molecule has 0 aliphatic carbocycles. The minimum atomic E-state index is 0.0374. The zero-order valence-corrected chi connectivity index (χ0v) is 13.3. The van der Waals surface area contributed by atoms with E-state index >= 15 is 0 Å². The van der Waals surface area contributed by atoms with Gasteiger partial charge in [0.05, 0.1) is 12.3 Å². The highest BCUT2D eigenvalue weighted by Crippen LogP contribution is 2.25. The number of rotatable bonds is 7. The Morgan fingerprint density at radius 2 is 2.04 bits per heavy atom. The van der Waals surface area contributed by atoms with Crippen LogP contribution in [0.5, 0.6) is 0 Å². The quantitative estimate of drug-likeness (QED) is 0.850. The minimum absolute atomic E-state index is 0.0374. The van der Waals surface area contributed by atoms with Gasteiger partial charge < -0.3 is 9.84 Å². The van der Waals surface area contributed by atoms with Crippen molar-refractivity contribution in [2.45, 2.75) is 32.0 Å². The first-order valence-electron chi connectivity index (χ1n) is 8.16. The molecule has 0 spiro atoms. The molecule has 0 amide bonds. The fraction of sp³-hybridized carbons (Fsp3) is 0.444. The number of aromatic nitrogens is 2. The topological polar surface area (TPSA) is 58.5 Å². The van der Waals surface area contributed by atoms with E-state index in [1.54, 1.807) is 6.20 Å². The smallest absolute Gasteiger partial charge is 0.157 e. The molecule has 23 heavy (non-hydrogen) atoms. The van der Waals surface area contributed by atoms with Crippen LogP contribution in [-0.4, -0.2) is 39.7 Å². The zero-order valence-electron chi connectivity index (χ0n) is 13.3. The predicted molar refractivity (Wildman–Crippen MR) is 87.6 cm³/mol. The molecule has 5 heteroatoms. The molecule has 0 bridgehead atoms. The number of ether oxygens (including phenoxy) is 1. The average molecular weight is 313 g/mol. The van der Waals surface area contributed by atoms with Gasteiger partial charge in [0.25, 0.3) is 0 Å². The van der Waals surface area contributed by atoms with Crippen molar-refractivity contribution < 1.29 is 9.84 Å². The van der Waals surface area contributed by atoms with Crippen LogP contribution in [0.1, 0.15) is 36.0 Å². The predicted octanol–water partition coefficient (Wildman–Crippen LogP) is 2.32. The van der Waals surface area contributed by atoms with Gasteiger partial charge in [-0.25, -0.2) is 9.97 Å². The maximum Gasteiger partial charge on any atom is 0.157 e. The molecule has 1 aromatic heterocycles. The fourth-order valence-corrected chi connectivity index (χ4v) is 2.86. The van der Waals surface area contributed by atoms with Crippen LogP contribution in [0.15, 0.2) is 42.6 Å². The lowest BCUT2D eigenvalue weighted by Gasteiger charge is -2.21. The van der Waals surface area contributed by atoms with Crippen LogP contribution >= 0.6 is 0 Å². The standard InChI is InChI=1S/C18H23N3O2/c22-11-10-21(13-15-5-2-1-3-6-15)14-16-8-9-19-18(20-16)17-7-4-12-23-17/h1-3,5-6,8-9,17,22H,4,7,10-14H2/t17-/m0/s1. The summed E-state index contributed by atoms with van der Waals surface area (Å²) in [6.45, 7) is 3.03. The van der Waals surface area contributed by atoms with Crippen LogP contribution in [0.25, 0.3) is 0 Å². The molecule has 0 radical (unpaired) electrons. The number of hydrogen-bond donors (Lipinski definition) is 1. The van der Waals surface area contributed by atoms with Gasteiger partial charge in [-0.2, -0.15) is 0 Å². The molecule has 1 saturated heterocycles. The van der Waals surface area contributed by atoms with Gasteiger partial charge in [0, 0.05) is 32.4 Å². The van der Waals surface area contributed by atoms with Crippen molar-refractivity contribution in [2.24, 2.45) is 0 Å². The first-order chi connectivity index (χ1) is 11.3. The normalized spacial score (nSPS) is 17.7. The molecule has 1 N–H and O–H groups in total. The SMILES string of the molecule is OCCN(Cc1ccccc1)Cc1ccnc([C@@H]2CCCO2)n1. The van der Waals surface area contributed by atoms with Gasteiger partial charge in [-0.05, 0) is 24.5 Å². The Balaban J connectivity index is 1.68. The molecule has 1 aliphatic rings. The molecule has 1 aliphatic heterocycles. The first-order valence-corrected chi connectivity index (χ1v) is 8.16. The van der Waals surface area contributed by atoms with Crippen molar-refractivity contribution in [3.8, 4) is 0 Å². The third-order valence-electron chi connectivity index (χ3n) is 4.00. The van der Waals surface area contributed by atoms with E-state index in [0.29, 0.717) is 13.1 Å². The molecule has 2 aromatic rings. The van der Waals surface area contributed by atoms with Gasteiger partial charge in [0.1, 0.15) is 6.10 Å². The lowest BCUT2D eigenvalue weighted by atomic mass is 10.2. The summed E-state index contributed by atoms with van der Waals surface area (Å²) in [4.78, 5) is 11.2. The Bertz CT molecular complexity index is 600. The van der Waals surface area contributed by atoms with Gasteiger partial charge in [-0.15, -0.1) is 0 Å². The summed E-state index contributed by atoms with van der Waals surface area (Å²) >= 11 is 0. The van der Waals surface area contributed by atoms with Crippen LogP contribution in [0.2, 0.25) is 0 Å². The van der Waals surface area contributed by atoms with Gasteiger partial charge in [0.15, 0.2) is 5.82 Å². The summed E-state index contributed by atoms with van der Waals surface area (Å²) in [7, 11) is 0. The summed E-state index contributed by atoms with van der Waals surface area (Å²) in [5.41, 5.74) is 2.20. The van der Waals surface area contributed by atoms with E-state index in [1.165, 1.54) is 5.56 Å². The fourth-order valence-electron chi connectivity index (χ4n) is 2.86. The van der Waals surface area contributed by atoms with E-state index in [1.807, 2.05) is 24.3 Å². The first kappa shape index (κ1) is 16.1. The van der Waals surface area contributed by atoms with Gasteiger partial charge in [-0.3, -0.25) is 4.90 Å². The minimum Gasteiger partial charge on any atom is -0.395 e. The van der Waals surface area contributed by atoms with Crippen LogP contribution < -0.4 is 0 Å². The van der Waals surface area contributed by atoms with E-state index in [9.17, 15) is 5.11 Å². The maximum absolute atomic E-state index is 9.33. The van der Waals surface area contributed by atoms with Crippen LogP contribution in [0, 0.1) is 0 Å². The van der Waals surface area contributed by atoms with Gasteiger partial charge in [0.2, 0.25) is 0 Å². The summed E-state index contributed by atoms with van der Waals surface area (Å²) in [5, 5.41) is 9.33. The van der Waals surface area contributed by atoms with E-state index in [-0.39, 0.29) is 12.7 Å². The molecule has 2 heterocycles. The van der Waals surface area contributed by atoms with Gasteiger partial charge >= 0.3 is 0 Å². The van der Waals surface area contributed by atoms with Crippen LogP contribution in [0.4, 0.5) is 0 Å². The summed E-state index contributed by atoms with van der Waals surface area (Å²) in [6.07, 6.45) is 3.91. The Kier molecular flexibility index (Phi) is 5.69. The van der Waals surface area contributed by atoms with Crippen molar-refractivity contribution >= 4 is 0 Å². The Morgan fingerprint density at radius 3 is 2.78 bits per heavy atom. The number of hydrogen-bond acceptors (Lipinski definition) is 5. The second-order valence-corrected chi connectivity index (χ2v) is 5.83. The molecule has 1 aromatic carbocycles. The van der Waals surface area contributed by atoms with Crippen LogP contribution in [-0.2, 0) is 17.8 Å². The third kappa shape index (κ3) is 4.58. The van der Waals surface area contributed by atoms with Gasteiger partial charge in [-0.1, -0.05) is 30.3 Å². The van der Waals surface area contributed by atoms with Crippen molar-refractivity contribution in [2.75, 3.05) is 19.8 Å². The zero-order chi connectivity index (χ0) is 15.9. The number of aliphatic hydroxyl groups is 1. The lowest BCUT2D eigenvalue weighted by Crippen LogP contribution is -2.26. The second-order valence-electron chi connectivity index (χ2n) is 5.83. The highest BCUT2D eigenvalue weighted by molar-refractivity contribution is 5.15. The summed E-state index contributed by atoms with van der Waals surface area (Å²) in [6, 6.07) is 12.2. The number of aliphatic hydroxyl groups excluding tert-OH is 1. The second kappa shape index (κ2) is 8.15. The van der Waals surface area contributed by atoms with E-state index < -0.39 is 0 Å². The molecule has 0 unspecified atom stereocenters. The summed E-state index contributed by atoms with van der Waals surface area (Å²) in [5.74, 6) is 0.781.